The lowest BCUT2D eigenvalue weighted by atomic mass is 10.2. The van der Waals surface area contributed by atoms with E-state index in [4.69, 9.17) is 9.47 Å². The van der Waals surface area contributed by atoms with Crippen LogP contribution in [0.25, 0.3) is 11.8 Å². The topological polar surface area (TPSA) is 76.3 Å². The monoisotopic (exact) mass is 387 g/mol. The number of hydrogen-bond acceptors (Lipinski definition) is 4. The summed E-state index contributed by atoms with van der Waals surface area (Å²) in [6.45, 7) is 2.42. The first-order valence-corrected chi connectivity index (χ1v) is 9.12. The average Bonchev–Trinajstić information content (AvgIpc) is 3.20. The normalized spacial score (nSPS) is 10.9. The van der Waals surface area contributed by atoms with Gasteiger partial charge in [0.2, 0.25) is 0 Å². The summed E-state index contributed by atoms with van der Waals surface area (Å²) in [5.41, 5.74) is 2.17. The number of carbonyl (C=O) groups is 1. The second-order valence-electron chi connectivity index (χ2n) is 6.09. The van der Waals surface area contributed by atoms with Crippen molar-refractivity contribution in [3.63, 3.8) is 0 Å². The van der Waals surface area contributed by atoms with Crippen LogP contribution in [0.4, 0.5) is 5.69 Å². The third-order valence-electron chi connectivity index (χ3n) is 4.19. The molecule has 29 heavy (non-hydrogen) atoms. The maximum Gasteiger partial charge on any atom is 0.266 e. The summed E-state index contributed by atoms with van der Waals surface area (Å²) in [7, 11) is 1.61. The Hall–Kier alpha value is -3.98. The van der Waals surface area contributed by atoms with Crippen LogP contribution in [0.5, 0.6) is 11.5 Å². The zero-order valence-electron chi connectivity index (χ0n) is 16.3. The molecule has 1 N–H and O–H groups in total. The fraction of sp³-hybridized carbons (Fsp3) is 0.130. The second-order valence-corrected chi connectivity index (χ2v) is 6.09. The number of methoxy groups -OCH3 is 1. The van der Waals surface area contributed by atoms with Crippen molar-refractivity contribution in [2.24, 2.45) is 0 Å². The maximum absolute atomic E-state index is 12.6. The van der Waals surface area contributed by atoms with E-state index in [1.807, 2.05) is 66.2 Å². The quantitative estimate of drug-likeness (QED) is 0.481. The molecule has 0 saturated heterocycles. The third kappa shape index (κ3) is 4.85. The van der Waals surface area contributed by atoms with Crippen LogP contribution < -0.4 is 14.8 Å². The number of rotatable bonds is 7. The Morgan fingerprint density at radius 2 is 1.93 bits per heavy atom. The molecule has 0 aliphatic carbocycles. The Morgan fingerprint density at radius 1 is 1.14 bits per heavy atom. The zero-order chi connectivity index (χ0) is 20.6. The molecular weight excluding hydrogens is 366 g/mol. The summed E-state index contributed by atoms with van der Waals surface area (Å²) >= 11 is 0. The molecule has 6 nitrogen and oxygen atoms in total. The van der Waals surface area contributed by atoms with Crippen molar-refractivity contribution in [2.75, 3.05) is 19.0 Å². The van der Waals surface area contributed by atoms with Crippen LogP contribution in [0.1, 0.15) is 12.6 Å². The van der Waals surface area contributed by atoms with E-state index >= 15 is 0 Å². The minimum Gasteiger partial charge on any atom is -0.497 e. The van der Waals surface area contributed by atoms with E-state index < -0.39 is 5.91 Å². The fourth-order valence-electron chi connectivity index (χ4n) is 2.81. The molecule has 3 rings (SSSR count). The number of benzene rings is 2. The number of ether oxygens (including phenoxy) is 2. The van der Waals surface area contributed by atoms with Gasteiger partial charge in [0, 0.05) is 29.3 Å². The molecule has 1 aromatic heterocycles. The van der Waals surface area contributed by atoms with Crippen LogP contribution in [0.3, 0.4) is 0 Å². The van der Waals surface area contributed by atoms with Gasteiger partial charge in [-0.25, -0.2) is 0 Å². The van der Waals surface area contributed by atoms with Crippen molar-refractivity contribution in [2.45, 2.75) is 6.92 Å². The maximum atomic E-state index is 12.6. The molecule has 1 heterocycles. The minimum absolute atomic E-state index is 0.000254. The molecule has 0 radical (unpaired) electrons. The predicted molar refractivity (Wildman–Crippen MR) is 112 cm³/mol. The Labute approximate surface area is 169 Å². The third-order valence-corrected chi connectivity index (χ3v) is 4.19. The van der Waals surface area contributed by atoms with Crippen molar-refractivity contribution in [1.82, 2.24) is 4.57 Å². The van der Waals surface area contributed by atoms with Gasteiger partial charge >= 0.3 is 0 Å². The molecule has 0 aliphatic heterocycles. The molecule has 0 unspecified atom stereocenters. The van der Waals surface area contributed by atoms with Crippen LogP contribution in [0.15, 0.2) is 72.4 Å². The molecule has 0 fully saturated rings. The summed E-state index contributed by atoms with van der Waals surface area (Å²) in [5, 5.41) is 12.3. The van der Waals surface area contributed by atoms with E-state index in [-0.39, 0.29) is 5.57 Å². The highest BCUT2D eigenvalue weighted by molar-refractivity contribution is 6.09. The Bertz CT molecular complexity index is 1060. The van der Waals surface area contributed by atoms with Gasteiger partial charge in [0.15, 0.2) is 0 Å². The van der Waals surface area contributed by atoms with Crippen LogP contribution >= 0.6 is 0 Å². The molecule has 1 amide bonds. The second kappa shape index (κ2) is 9.29. The summed E-state index contributed by atoms with van der Waals surface area (Å²) in [6.07, 6.45) is 3.43. The van der Waals surface area contributed by atoms with Gasteiger partial charge in [0.05, 0.1) is 13.7 Å². The number of anilines is 1. The number of nitriles is 1. The zero-order valence-corrected chi connectivity index (χ0v) is 16.3. The molecule has 146 valence electrons. The van der Waals surface area contributed by atoms with Gasteiger partial charge in [0.1, 0.15) is 23.1 Å². The number of nitrogens with zero attached hydrogens (tertiary/aromatic N) is 2. The Morgan fingerprint density at radius 3 is 2.62 bits per heavy atom. The minimum atomic E-state index is -0.483. The lowest BCUT2D eigenvalue weighted by Crippen LogP contribution is -2.13. The van der Waals surface area contributed by atoms with Gasteiger partial charge in [-0.2, -0.15) is 5.26 Å². The van der Waals surface area contributed by atoms with Gasteiger partial charge in [-0.05, 0) is 61.5 Å². The van der Waals surface area contributed by atoms with Gasteiger partial charge in [-0.15, -0.1) is 0 Å². The smallest absolute Gasteiger partial charge is 0.266 e. The van der Waals surface area contributed by atoms with Crippen molar-refractivity contribution in [3.05, 3.63) is 78.1 Å². The first-order chi connectivity index (χ1) is 14.1. The average molecular weight is 387 g/mol. The summed E-state index contributed by atoms with van der Waals surface area (Å²) in [4.78, 5) is 12.6. The summed E-state index contributed by atoms with van der Waals surface area (Å²) < 4.78 is 12.5. The number of aromatic nitrogens is 1. The molecule has 0 atom stereocenters. The Kier molecular flexibility index (Phi) is 6.33. The van der Waals surface area contributed by atoms with Crippen molar-refractivity contribution in [1.29, 1.82) is 5.26 Å². The van der Waals surface area contributed by atoms with Crippen molar-refractivity contribution < 1.29 is 14.3 Å². The molecule has 0 spiro atoms. The van der Waals surface area contributed by atoms with Crippen LogP contribution in [-0.2, 0) is 4.79 Å². The van der Waals surface area contributed by atoms with Crippen LogP contribution in [0, 0.1) is 11.3 Å². The van der Waals surface area contributed by atoms with Gasteiger partial charge in [0.25, 0.3) is 5.91 Å². The highest BCUT2D eigenvalue weighted by Gasteiger charge is 2.12. The SMILES string of the molecule is CCOc1cccc(NC(=O)/C(C#N)=C\c2cccn2-c2ccc(OC)cc2)c1. The number of carbonyl (C=O) groups excluding carboxylic acids is 1. The highest BCUT2D eigenvalue weighted by atomic mass is 16.5. The predicted octanol–water partition coefficient (Wildman–Crippen LogP) is 4.43. The van der Waals surface area contributed by atoms with E-state index in [1.165, 1.54) is 0 Å². The number of nitrogens with one attached hydrogen (secondary N) is 1. The first-order valence-electron chi connectivity index (χ1n) is 9.12. The summed E-state index contributed by atoms with van der Waals surface area (Å²) in [6, 6.07) is 20.2. The van der Waals surface area contributed by atoms with Crippen molar-refractivity contribution >= 4 is 17.7 Å². The van der Waals surface area contributed by atoms with E-state index in [1.54, 1.807) is 31.4 Å². The van der Waals surface area contributed by atoms with E-state index in [2.05, 4.69) is 5.32 Å². The van der Waals surface area contributed by atoms with E-state index in [0.29, 0.717) is 23.7 Å². The molecule has 6 heteroatoms. The molecule has 3 aromatic rings. The largest absolute Gasteiger partial charge is 0.497 e. The van der Waals surface area contributed by atoms with Crippen LogP contribution in [-0.4, -0.2) is 24.2 Å². The van der Waals surface area contributed by atoms with Gasteiger partial charge in [-0.3, -0.25) is 4.79 Å². The fourth-order valence-corrected chi connectivity index (χ4v) is 2.81. The molecule has 0 saturated carbocycles. The molecule has 0 aliphatic rings. The van der Waals surface area contributed by atoms with Crippen molar-refractivity contribution in [3.8, 4) is 23.3 Å². The molecule has 0 bridgehead atoms. The highest BCUT2D eigenvalue weighted by Crippen LogP contribution is 2.21. The molecule has 2 aromatic carbocycles. The van der Waals surface area contributed by atoms with Gasteiger partial charge in [-0.1, -0.05) is 6.07 Å². The first kappa shape index (κ1) is 19.8. The number of hydrogen-bond donors (Lipinski definition) is 1. The molecular formula is C23H21N3O3. The van der Waals surface area contributed by atoms with E-state index in [9.17, 15) is 10.1 Å². The lowest BCUT2D eigenvalue weighted by Gasteiger charge is -2.09. The summed E-state index contributed by atoms with van der Waals surface area (Å²) in [5.74, 6) is 0.925. The lowest BCUT2D eigenvalue weighted by molar-refractivity contribution is -0.112. The van der Waals surface area contributed by atoms with E-state index in [0.717, 1.165) is 11.4 Å². The number of amides is 1. The van der Waals surface area contributed by atoms with Crippen LogP contribution in [0.2, 0.25) is 0 Å². The standard InChI is InChI=1S/C23H21N3O3/c1-3-29-22-8-4-6-18(15-22)25-23(27)17(16-24)14-20-7-5-13-26(20)19-9-11-21(28-2)12-10-19/h4-15H,3H2,1-2H3,(H,25,27)/b17-14-. The Balaban J connectivity index is 1.83. The van der Waals surface area contributed by atoms with Gasteiger partial charge < -0.3 is 19.4 Å².